The largest absolute Gasteiger partial charge is 0.497 e. The van der Waals surface area contributed by atoms with Crippen molar-refractivity contribution in [3.63, 3.8) is 0 Å². The number of hydrogen-bond acceptors (Lipinski definition) is 7. The number of esters is 1. The lowest BCUT2D eigenvalue weighted by Gasteiger charge is -2.28. The number of nitrogens with one attached hydrogen (secondary N) is 1. The molecule has 3 aromatic rings. The Labute approximate surface area is 191 Å². The number of allylic oxidation sites excluding steroid dienone is 1. The van der Waals surface area contributed by atoms with Gasteiger partial charge in [0.15, 0.2) is 0 Å². The van der Waals surface area contributed by atoms with Crippen molar-refractivity contribution in [2.45, 2.75) is 37.2 Å². The first-order valence-corrected chi connectivity index (χ1v) is 11.5. The molecule has 1 aliphatic heterocycles. The summed E-state index contributed by atoms with van der Waals surface area (Å²) in [6.07, 6.45) is 0.757. The molecule has 2 aromatic carbocycles. The molecular weight excluding hydrogens is 424 g/mol. The second-order valence-electron chi connectivity index (χ2n) is 7.41. The zero-order valence-corrected chi connectivity index (χ0v) is 19.2. The highest BCUT2D eigenvalue weighted by Crippen LogP contribution is 2.37. The van der Waals surface area contributed by atoms with Crippen LogP contribution in [0.3, 0.4) is 0 Å². The van der Waals surface area contributed by atoms with Crippen LogP contribution in [0.5, 0.6) is 5.75 Å². The van der Waals surface area contributed by atoms with Gasteiger partial charge in [0.25, 0.3) is 0 Å². The average Bonchev–Trinajstić information content (AvgIpc) is 3.23. The lowest BCUT2D eigenvalue weighted by Crippen LogP contribution is -2.29. The Morgan fingerprint density at radius 2 is 1.91 bits per heavy atom. The summed E-state index contributed by atoms with van der Waals surface area (Å²) in [7, 11) is 1.63. The van der Waals surface area contributed by atoms with Crippen LogP contribution in [0, 0.1) is 0 Å². The van der Waals surface area contributed by atoms with E-state index in [2.05, 4.69) is 22.4 Å². The molecule has 0 amide bonds. The number of nitrogens with zero attached hydrogens (tertiary/aromatic N) is 3. The van der Waals surface area contributed by atoms with Crippen LogP contribution in [-0.4, -0.2) is 34.5 Å². The third-order valence-electron chi connectivity index (χ3n) is 5.13. The number of benzene rings is 2. The Balaban J connectivity index is 1.68. The molecule has 0 bridgehead atoms. The minimum Gasteiger partial charge on any atom is -0.497 e. The molecular formula is C24H26N4O3S. The molecule has 1 unspecified atom stereocenters. The predicted molar refractivity (Wildman–Crippen MR) is 125 cm³/mol. The summed E-state index contributed by atoms with van der Waals surface area (Å²) < 4.78 is 12.6. The molecule has 1 atom stereocenters. The van der Waals surface area contributed by atoms with Gasteiger partial charge in [0.1, 0.15) is 11.8 Å². The number of thioether (sulfide) groups is 1. The van der Waals surface area contributed by atoms with Gasteiger partial charge in [0.05, 0.1) is 19.3 Å². The Bertz CT molecular complexity index is 1110. The van der Waals surface area contributed by atoms with Gasteiger partial charge in [0, 0.05) is 11.4 Å². The zero-order chi connectivity index (χ0) is 22.5. The van der Waals surface area contributed by atoms with E-state index in [-0.39, 0.29) is 5.97 Å². The number of anilines is 1. The van der Waals surface area contributed by atoms with Crippen molar-refractivity contribution in [1.29, 1.82) is 0 Å². The molecule has 0 fully saturated rings. The highest BCUT2D eigenvalue weighted by Gasteiger charge is 2.35. The molecule has 0 saturated carbocycles. The quantitative estimate of drug-likeness (QED) is 0.389. The Kier molecular flexibility index (Phi) is 6.80. The number of rotatable bonds is 8. The number of hydrogen-bond donors (Lipinski definition) is 1. The third kappa shape index (κ3) is 4.65. The summed E-state index contributed by atoms with van der Waals surface area (Å²) in [4.78, 5) is 17.7. The van der Waals surface area contributed by atoms with Gasteiger partial charge in [-0.05, 0) is 36.6 Å². The number of carbonyl (C=O) groups excluding carboxylic acids is 1. The van der Waals surface area contributed by atoms with Crippen molar-refractivity contribution in [3.8, 4) is 5.75 Å². The Morgan fingerprint density at radius 3 is 2.59 bits per heavy atom. The van der Waals surface area contributed by atoms with Gasteiger partial charge in [0.2, 0.25) is 11.1 Å². The van der Waals surface area contributed by atoms with Crippen molar-refractivity contribution < 1.29 is 14.3 Å². The highest BCUT2D eigenvalue weighted by molar-refractivity contribution is 7.98. The summed E-state index contributed by atoms with van der Waals surface area (Å²) in [6, 6.07) is 17.4. The normalized spacial score (nSPS) is 15.2. The maximum absolute atomic E-state index is 13.0. The molecule has 2 heterocycles. The summed E-state index contributed by atoms with van der Waals surface area (Å²) in [5, 5.41) is 8.63. The van der Waals surface area contributed by atoms with Gasteiger partial charge in [-0.2, -0.15) is 4.98 Å². The SMILES string of the molecule is CCCOC(=O)C1=C(C)Nc2nc(SCc3ccccc3)nn2C1c1ccc(OC)cc1. The molecule has 8 heteroatoms. The summed E-state index contributed by atoms with van der Waals surface area (Å²) in [5.74, 6) is 1.76. The van der Waals surface area contributed by atoms with E-state index in [1.165, 1.54) is 5.56 Å². The Hall–Kier alpha value is -3.26. The van der Waals surface area contributed by atoms with Gasteiger partial charge >= 0.3 is 5.97 Å². The molecule has 0 saturated heterocycles. The van der Waals surface area contributed by atoms with Gasteiger partial charge < -0.3 is 14.8 Å². The van der Waals surface area contributed by atoms with E-state index >= 15 is 0 Å². The monoisotopic (exact) mass is 450 g/mol. The van der Waals surface area contributed by atoms with E-state index in [0.29, 0.717) is 29.0 Å². The molecule has 166 valence electrons. The van der Waals surface area contributed by atoms with Crippen LogP contribution >= 0.6 is 11.8 Å². The first-order valence-electron chi connectivity index (χ1n) is 10.5. The van der Waals surface area contributed by atoms with E-state index < -0.39 is 6.04 Å². The van der Waals surface area contributed by atoms with E-state index in [9.17, 15) is 4.79 Å². The van der Waals surface area contributed by atoms with Crippen molar-refractivity contribution in [2.24, 2.45) is 0 Å². The number of ether oxygens (including phenoxy) is 2. The van der Waals surface area contributed by atoms with Crippen LogP contribution in [0.15, 0.2) is 71.0 Å². The van der Waals surface area contributed by atoms with E-state index in [1.807, 2.05) is 56.3 Å². The van der Waals surface area contributed by atoms with Crippen LogP contribution in [0.1, 0.15) is 37.4 Å². The summed E-state index contributed by atoms with van der Waals surface area (Å²) in [5.41, 5.74) is 3.34. The van der Waals surface area contributed by atoms with Crippen LogP contribution < -0.4 is 10.1 Å². The first kappa shape index (κ1) is 22.0. The van der Waals surface area contributed by atoms with Crippen LogP contribution in [0.25, 0.3) is 0 Å². The van der Waals surface area contributed by atoms with Gasteiger partial charge in [-0.1, -0.05) is 61.2 Å². The topological polar surface area (TPSA) is 78.3 Å². The average molecular weight is 451 g/mol. The molecule has 7 nitrogen and oxygen atoms in total. The fourth-order valence-electron chi connectivity index (χ4n) is 3.55. The van der Waals surface area contributed by atoms with Gasteiger partial charge in [-0.25, -0.2) is 9.48 Å². The molecule has 0 radical (unpaired) electrons. The minimum atomic E-state index is -0.444. The highest BCUT2D eigenvalue weighted by atomic mass is 32.2. The molecule has 1 N–H and O–H groups in total. The fraction of sp³-hybridized carbons (Fsp3) is 0.292. The second kappa shape index (κ2) is 9.91. The second-order valence-corrected chi connectivity index (χ2v) is 8.35. The molecule has 1 aliphatic rings. The summed E-state index contributed by atoms with van der Waals surface area (Å²) >= 11 is 1.56. The first-order chi connectivity index (χ1) is 15.6. The standard InChI is InChI=1S/C24H26N4O3S/c1-4-14-31-22(29)20-16(2)25-23-26-24(32-15-17-8-6-5-7-9-17)27-28(23)21(20)18-10-12-19(30-3)13-11-18/h5-13,21H,4,14-15H2,1-3H3,(H,25,26,27). The maximum Gasteiger partial charge on any atom is 0.338 e. The lowest BCUT2D eigenvalue weighted by atomic mass is 9.96. The Morgan fingerprint density at radius 1 is 1.16 bits per heavy atom. The van der Waals surface area contributed by atoms with Crippen molar-refractivity contribution in [3.05, 3.63) is 77.0 Å². The smallest absolute Gasteiger partial charge is 0.338 e. The predicted octanol–water partition coefficient (Wildman–Crippen LogP) is 4.82. The lowest BCUT2D eigenvalue weighted by molar-refractivity contribution is -0.139. The van der Waals surface area contributed by atoms with Crippen LogP contribution in [0.2, 0.25) is 0 Å². The number of methoxy groups -OCH3 is 1. The van der Waals surface area contributed by atoms with Gasteiger partial charge in [-0.15, -0.1) is 5.10 Å². The molecule has 1 aromatic heterocycles. The maximum atomic E-state index is 13.0. The van der Waals surface area contributed by atoms with E-state index in [1.54, 1.807) is 23.6 Å². The molecule has 0 aliphatic carbocycles. The van der Waals surface area contributed by atoms with Crippen molar-refractivity contribution in [2.75, 3.05) is 19.0 Å². The molecule has 0 spiro atoms. The number of carbonyl (C=O) groups is 1. The van der Waals surface area contributed by atoms with Gasteiger partial charge in [-0.3, -0.25) is 0 Å². The fourth-order valence-corrected chi connectivity index (χ4v) is 4.33. The van der Waals surface area contributed by atoms with Crippen molar-refractivity contribution >= 4 is 23.7 Å². The zero-order valence-electron chi connectivity index (χ0n) is 18.4. The van der Waals surface area contributed by atoms with E-state index in [0.717, 1.165) is 23.5 Å². The van der Waals surface area contributed by atoms with E-state index in [4.69, 9.17) is 14.6 Å². The van der Waals surface area contributed by atoms with Crippen LogP contribution in [0.4, 0.5) is 5.95 Å². The summed E-state index contributed by atoms with van der Waals surface area (Å²) in [6.45, 7) is 4.21. The van der Waals surface area contributed by atoms with Crippen molar-refractivity contribution in [1.82, 2.24) is 14.8 Å². The minimum absolute atomic E-state index is 0.350. The third-order valence-corrected chi connectivity index (χ3v) is 6.04. The molecule has 32 heavy (non-hydrogen) atoms. The number of fused-ring (bicyclic) bond motifs is 1. The van der Waals surface area contributed by atoms with Crippen LogP contribution in [-0.2, 0) is 15.3 Å². The number of aromatic nitrogens is 3. The molecule has 4 rings (SSSR count).